The van der Waals surface area contributed by atoms with Gasteiger partial charge in [-0.05, 0) is 94.5 Å². The van der Waals surface area contributed by atoms with Gasteiger partial charge in [-0.25, -0.2) is 19.2 Å². The molecule has 1 aliphatic rings. The molecule has 4 aromatic carbocycles. The highest BCUT2D eigenvalue weighted by molar-refractivity contribution is 5.76. The molecule has 4 unspecified atom stereocenters. The van der Waals surface area contributed by atoms with Gasteiger partial charge in [0.1, 0.15) is 23.0 Å². The molecule has 8 bridgehead atoms. The van der Waals surface area contributed by atoms with Crippen LogP contribution in [0.5, 0.6) is 23.0 Å². The minimum absolute atomic E-state index is 0.0429. The van der Waals surface area contributed by atoms with E-state index >= 15 is 0 Å². The molecule has 384 valence electrons. The first-order chi connectivity index (χ1) is 34.1. The molecule has 0 amide bonds. The first-order valence-corrected chi connectivity index (χ1v) is 22.7. The van der Waals surface area contributed by atoms with E-state index in [0.717, 1.165) is 0 Å². The monoisotopic (exact) mass is 1000 g/mol. The molecule has 24 nitrogen and oxygen atoms in total. The quantitative estimate of drug-likeness (QED) is 0.0367. The van der Waals surface area contributed by atoms with Crippen LogP contribution in [0, 0.1) is 40.5 Å². The van der Waals surface area contributed by atoms with Crippen LogP contribution in [0.25, 0.3) is 0 Å². The van der Waals surface area contributed by atoms with Crippen LogP contribution >= 0.6 is 0 Å². The van der Waals surface area contributed by atoms with E-state index in [4.69, 9.17) is 18.9 Å². The number of ether oxygens (including phenoxy) is 4. The van der Waals surface area contributed by atoms with Gasteiger partial charge in [-0.3, -0.25) is 40.5 Å². The van der Waals surface area contributed by atoms with Gasteiger partial charge in [0, 0.05) is 45.4 Å². The number of aromatic hydroxyl groups is 4. The third kappa shape index (κ3) is 13.0. The molecule has 0 spiro atoms. The lowest BCUT2D eigenvalue weighted by atomic mass is 9.86. The number of phenolic OH excluding ortho intramolecular Hbond substituents is 4. The molecule has 4 N–H and O–H groups in total. The summed E-state index contributed by atoms with van der Waals surface area (Å²) in [5, 5.41) is 97.2. The minimum Gasteiger partial charge on any atom is -0.507 e. The van der Waals surface area contributed by atoms with E-state index in [1.54, 1.807) is 0 Å². The lowest BCUT2D eigenvalue weighted by molar-refractivity contribution is -0.510. The van der Waals surface area contributed by atoms with Crippen molar-refractivity contribution in [3.63, 3.8) is 0 Å². The standard InChI is InChI=1S/C48H52N4O20/c1-5-69-45(57)37(49(61)62)17-25-9-29-21-31-11-26(18-38(50(63)64)46(58)70-6-2)13-33(42(31)54)23-35-15-28(20-40(52(67)68)48(60)72-8-4)16-36(44(35)56)24-34-14-27(19-39(51(65)66)47(59)71-7-3)12-32(43(34)55)22-30(10-25)41(29)53/h9-16,37-40,53-56H,5-8,17-24H2,1-4H3. The number of hydrogen-bond donors (Lipinski definition) is 4. The van der Waals surface area contributed by atoms with Crippen LogP contribution in [0.4, 0.5) is 0 Å². The van der Waals surface area contributed by atoms with Crippen LogP contribution in [0.15, 0.2) is 48.5 Å². The zero-order valence-electron chi connectivity index (χ0n) is 39.5. The van der Waals surface area contributed by atoms with Crippen molar-refractivity contribution >= 4 is 23.9 Å². The zero-order valence-corrected chi connectivity index (χ0v) is 39.5. The van der Waals surface area contributed by atoms with Gasteiger partial charge in [-0.2, -0.15) is 0 Å². The molecule has 0 saturated carbocycles. The normalized spacial score (nSPS) is 13.6. The average Bonchev–Trinajstić information content (AvgIpc) is 3.30. The Morgan fingerprint density at radius 2 is 0.542 bits per heavy atom. The SMILES string of the molecule is CCOC(=O)C(Cc1cc2c(O)c(c1)Cc1cc(CC(C(=O)OCC)[N+](=O)[O-])cc(c1O)Cc1cc(CC(C(=O)OCC)[N+](=O)[O-])cc(c1O)Cc1cc(CC(C(=O)OCC)[N+](=O)[O-])cc(c1O)C2)[N+](=O)[O-]. The van der Waals surface area contributed by atoms with Crippen molar-refractivity contribution in [2.45, 2.75) is 103 Å². The molecule has 72 heavy (non-hydrogen) atoms. The summed E-state index contributed by atoms with van der Waals surface area (Å²) >= 11 is 0. The van der Waals surface area contributed by atoms with Crippen LogP contribution in [0.2, 0.25) is 0 Å². The van der Waals surface area contributed by atoms with Crippen molar-refractivity contribution in [1.82, 2.24) is 0 Å². The summed E-state index contributed by atoms with van der Waals surface area (Å²) in [6, 6.07) is 2.65. The Balaban J connectivity index is 1.87. The van der Waals surface area contributed by atoms with Gasteiger partial charge in [0.25, 0.3) is 0 Å². The second-order valence-electron chi connectivity index (χ2n) is 16.8. The Morgan fingerprint density at radius 3 is 0.667 bits per heavy atom. The fourth-order valence-corrected chi connectivity index (χ4v) is 8.52. The Kier molecular flexibility index (Phi) is 18.1. The van der Waals surface area contributed by atoms with E-state index in [-0.39, 0.29) is 93.2 Å². The highest BCUT2D eigenvalue weighted by atomic mass is 16.7. The number of fused-ring (bicyclic) bond motifs is 8. The lowest BCUT2D eigenvalue weighted by Crippen LogP contribution is -2.33. The van der Waals surface area contributed by atoms with Gasteiger partial charge < -0.3 is 39.4 Å². The number of carbonyl (C=O) groups is 4. The van der Waals surface area contributed by atoms with Crippen molar-refractivity contribution in [2.75, 3.05) is 26.4 Å². The van der Waals surface area contributed by atoms with E-state index in [1.807, 2.05) is 0 Å². The third-order valence-electron chi connectivity index (χ3n) is 11.8. The highest BCUT2D eigenvalue weighted by Crippen LogP contribution is 2.40. The Bertz CT molecular complexity index is 2330. The highest BCUT2D eigenvalue weighted by Gasteiger charge is 2.36. The van der Waals surface area contributed by atoms with E-state index in [0.29, 0.717) is 0 Å². The molecule has 4 aromatic rings. The second-order valence-corrected chi connectivity index (χ2v) is 16.8. The van der Waals surface area contributed by atoms with Crippen molar-refractivity contribution in [3.05, 3.63) is 156 Å². The molecule has 4 atom stereocenters. The predicted molar refractivity (Wildman–Crippen MR) is 248 cm³/mol. The topological polar surface area (TPSA) is 359 Å². The van der Waals surface area contributed by atoms with E-state index in [9.17, 15) is 80.1 Å². The van der Waals surface area contributed by atoms with Crippen LogP contribution in [-0.4, -0.2) is 115 Å². The van der Waals surface area contributed by atoms with Gasteiger partial charge in [-0.1, -0.05) is 48.5 Å². The first-order valence-electron chi connectivity index (χ1n) is 22.7. The van der Waals surface area contributed by atoms with Gasteiger partial charge in [0.05, 0.1) is 52.1 Å². The van der Waals surface area contributed by atoms with E-state index in [2.05, 4.69) is 0 Å². The van der Waals surface area contributed by atoms with Crippen molar-refractivity contribution in [2.24, 2.45) is 0 Å². The number of carbonyl (C=O) groups excluding carboxylic acids is 4. The number of nitrogens with zero attached hydrogens (tertiary/aromatic N) is 4. The van der Waals surface area contributed by atoms with Crippen molar-refractivity contribution in [1.29, 1.82) is 0 Å². The molecule has 24 heteroatoms. The molecule has 0 heterocycles. The fraction of sp³-hybridized carbons (Fsp3) is 0.417. The van der Waals surface area contributed by atoms with Crippen molar-refractivity contribution < 1.29 is 78.2 Å². The van der Waals surface area contributed by atoms with Crippen LogP contribution < -0.4 is 0 Å². The molecule has 5 rings (SSSR count). The number of rotatable bonds is 20. The predicted octanol–water partition coefficient (Wildman–Crippen LogP) is 4.19. The third-order valence-corrected chi connectivity index (χ3v) is 11.8. The molecule has 1 aliphatic carbocycles. The molecule has 0 fully saturated rings. The molecule has 0 radical (unpaired) electrons. The van der Waals surface area contributed by atoms with E-state index < -0.39 is 142 Å². The summed E-state index contributed by atoms with van der Waals surface area (Å²) in [6.45, 7) is 5.02. The van der Waals surface area contributed by atoms with Gasteiger partial charge in [0.2, 0.25) is 0 Å². The summed E-state index contributed by atoms with van der Waals surface area (Å²) in [6.07, 6.45) is -4.20. The largest absolute Gasteiger partial charge is 0.507 e. The van der Waals surface area contributed by atoms with Crippen molar-refractivity contribution in [3.8, 4) is 23.0 Å². The van der Waals surface area contributed by atoms with Gasteiger partial charge in [0.15, 0.2) is 0 Å². The number of benzene rings is 4. The van der Waals surface area contributed by atoms with Crippen LogP contribution in [0.1, 0.15) is 94.5 Å². The first kappa shape index (κ1) is 54.5. The number of nitro groups is 4. The molecule has 0 saturated heterocycles. The molecular weight excluding hydrogens is 953 g/mol. The van der Waals surface area contributed by atoms with Crippen LogP contribution in [-0.2, 0) is 89.5 Å². The lowest BCUT2D eigenvalue weighted by Gasteiger charge is -2.21. The Hall–Kier alpha value is -8.44. The van der Waals surface area contributed by atoms with Gasteiger partial charge in [-0.15, -0.1) is 0 Å². The average molecular weight is 1000 g/mol. The Labute approximate surface area is 409 Å². The minimum atomic E-state index is -1.95. The smallest absolute Gasteiger partial charge is 0.382 e. The zero-order chi connectivity index (χ0) is 53.1. The van der Waals surface area contributed by atoms with Gasteiger partial charge >= 0.3 is 48.0 Å². The summed E-state index contributed by atoms with van der Waals surface area (Å²) in [7, 11) is 0. The van der Waals surface area contributed by atoms with Crippen LogP contribution in [0.3, 0.4) is 0 Å². The maximum Gasteiger partial charge on any atom is 0.382 e. The summed E-state index contributed by atoms with van der Waals surface area (Å²) in [5.74, 6) is -6.66. The molecule has 0 aliphatic heterocycles. The van der Waals surface area contributed by atoms with E-state index in [1.165, 1.54) is 76.2 Å². The summed E-state index contributed by atoms with van der Waals surface area (Å²) in [5.41, 5.74) is -0.0278. The molecular formula is C48H52N4O20. The number of hydrogen-bond acceptors (Lipinski definition) is 20. The Morgan fingerprint density at radius 1 is 0.389 bits per heavy atom. The summed E-state index contributed by atoms with van der Waals surface area (Å²) < 4.78 is 19.8. The molecule has 0 aromatic heterocycles. The fourth-order valence-electron chi connectivity index (χ4n) is 8.52. The maximum atomic E-state index is 12.8. The summed E-state index contributed by atoms with van der Waals surface area (Å²) in [4.78, 5) is 96.9. The maximum absolute atomic E-state index is 12.8. The number of esters is 4. The second kappa shape index (κ2) is 23.9. The number of phenols is 4.